The number of carbonyl (C=O) groups is 2. The average molecular weight is 426 g/mol. The molecule has 3 rings (SSSR count). The summed E-state index contributed by atoms with van der Waals surface area (Å²) in [6, 6.07) is 8.62. The number of H-pyrrole nitrogens is 1. The number of fused-ring (bicyclic) bond motifs is 1. The van der Waals surface area contributed by atoms with Gasteiger partial charge >= 0.3 is 0 Å². The van der Waals surface area contributed by atoms with E-state index in [2.05, 4.69) is 20.6 Å². The van der Waals surface area contributed by atoms with Crippen molar-refractivity contribution in [3.8, 4) is 0 Å². The number of likely N-dealkylation sites (N-methyl/N-ethyl adjacent to an activating group) is 1. The van der Waals surface area contributed by atoms with Crippen molar-refractivity contribution in [2.45, 2.75) is 38.9 Å². The molecule has 0 spiro atoms. The number of rotatable bonds is 9. The normalized spacial score (nSPS) is 13.2. The maximum absolute atomic E-state index is 13.3. The lowest BCUT2D eigenvalue weighted by molar-refractivity contribution is -0.131. The van der Waals surface area contributed by atoms with Crippen LogP contribution in [0.25, 0.3) is 11.0 Å². The highest BCUT2D eigenvalue weighted by molar-refractivity contribution is 5.89. The molecule has 2 heterocycles. The third-order valence-corrected chi connectivity index (χ3v) is 5.45. The Bertz CT molecular complexity index is 1030. The minimum Gasteiger partial charge on any atom is -0.350 e. The summed E-state index contributed by atoms with van der Waals surface area (Å²) in [5.74, 6) is -0.889. The number of nitrogens with one attached hydrogen (secondary N) is 3. The summed E-state index contributed by atoms with van der Waals surface area (Å²) in [6.07, 6.45) is 3.77. The first-order valence-electron chi connectivity index (χ1n) is 10.3. The van der Waals surface area contributed by atoms with Gasteiger partial charge in [-0.3, -0.25) is 14.5 Å². The molecule has 3 N–H and O–H groups in total. The van der Waals surface area contributed by atoms with E-state index in [1.807, 2.05) is 37.2 Å². The van der Waals surface area contributed by atoms with Gasteiger partial charge in [-0.15, -0.1) is 0 Å². The van der Waals surface area contributed by atoms with Crippen LogP contribution in [0.1, 0.15) is 25.0 Å². The Hall–Kier alpha value is -3.26. The first kappa shape index (κ1) is 22.4. The molecule has 0 saturated carbocycles. The van der Waals surface area contributed by atoms with Gasteiger partial charge in [0.05, 0.1) is 6.04 Å². The number of pyridine rings is 1. The average Bonchev–Trinajstić information content (AvgIpc) is 3.25. The van der Waals surface area contributed by atoms with Crippen molar-refractivity contribution >= 4 is 22.8 Å². The van der Waals surface area contributed by atoms with E-state index in [-0.39, 0.29) is 36.6 Å². The van der Waals surface area contributed by atoms with Crippen molar-refractivity contribution in [1.82, 2.24) is 25.5 Å². The molecule has 164 valence electrons. The number of amides is 2. The van der Waals surface area contributed by atoms with E-state index in [1.165, 1.54) is 12.1 Å². The second-order valence-corrected chi connectivity index (χ2v) is 7.62. The highest BCUT2D eigenvalue weighted by atomic mass is 19.1. The van der Waals surface area contributed by atoms with Crippen LogP contribution in [0, 0.1) is 5.82 Å². The van der Waals surface area contributed by atoms with Crippen molar-refractivity contribution in [2.75, 3.05) is 13.6 Å². The van der Waals surface area contributed by atoms with Crippen LogP contribution in [0.15, 0.2) is 48.8 Å². The van der Waals surface area contributed by atoms with Crippen LogP contribution < -0.4 is 10.6 Å². The van der Waals surface area contributed by atoms with Crippen molar-refractivity contribution in [3.63, 3.8) is 0 Å². The molecule has 0 fully saturated rings. The van der Waals surface area contributed by atoms with Gasteiger partial charge in [0.25, 0.3) is 0 Å². The van der Waals surface area contributed by atoms with Crippen LogP contribution in [-0.2, 0) is 22.6 Å². The smallest absolute Gasteiger partial charge is 0.243 e. The third-order valence-electron chi connectivity index (χ3n) is 5.45. The van der Waals surface area contributed by atoms with Crippen molar-refractivity contribution in [1.29, 1.82) is 0 Å². The maximum Gasteiger partial charge on any atom is 0.243 e. The van der Waals surface area contributed by atoms with Gasteiger partial charge < -0.3 is 15.6 Å². The molecule has 31 heavy (non-hydrogen) atoms. The molecule has 0 bridgehead atoms. The quantitative estimate of drug-likeness (QED) is 0.491. The Morgan fingerprint density at radius 2 is 1.90 bits per heavy atom. The summed E-state index contributed by atoms with van der Waals surface area (Å²) < 4.78 is 13.3. The Balaban J connectivity index is 1.70. The predicted octanol–water partition coefficient (Wildman–Crippen LogP) is 2.39. The zero-order valence-electron chi connectivity index (χ0n) is 18.0. The van der Waals surface area contributed by atoms with Crippen LogP contribution in [0.5, 0.6) is 0 Å². The number of halogens is 1. The van der Waals surface area contributed by atoms with Crippen molar-refractivity contribution < 1.29 is 14.0 Å². The van der Waals surface area contributed by atoms with Crippen LogP contribution in [-0.4, -0.2) is 52.4 Å². The SMILES string of the molecule is CCN(C)[C@@H](C)C(=O)N[C@@H](Cc1ccc(F)cc1)C(=O)NCc1cnc2[nH]ccc2c1. The molecule has 8 heteroatoms. The minimum atomic E-state index is -0.783. The molecule has 0 radical (unpaired) electrons. The Kier molecular flexibility index (Phi) is 7.36. The third kappa shape index (κ3) is 5.88. The van der Waals surface area contributed by atoms with Crippen LogP contribution in [0.2, 0.25) is 0 Å². The van der Waals surface area contributed by atoms with Gasteiger partial charge in [0.2, 0.25) is 11.8 Å². The van der Waals surface area contributed by atoms with Gasteiger partial charge in [-0.2, -0.15) is 0 Å². The fraction of sp³-hybridized carbons (Fsp3) is 0.348. The van der Waals surface area contributed by atoms with E-state index in [0.29, 0.717) is 6.54 Å². The molecule has 0 saturated heterocycles. The maximum atomic E-state index is 13.3. The van der Waals surface area contributed by atoms with E-state index in [4.69, 9.17) is 0 Å². The van der Waals surface area contributed by atoms with E-state index in [0.717, 1.165) is 22.2 Å². The van der Waals surface area contributed by atoms with Gasteiger partial charge in [-0.1, -0.05) is 19.1 Å². The second kappa shape index (κ2) is 10.2. The first-order valence-corrected chi connectivity index (χ1v) is 10.3. The zero-order chi connectivity index (χ0) is 22.4. The highest BCUT2D eigenvalue weighted by Gasteiger charge is 2.25. The molecular formula is C23H28FN5O2. The zero-order valence-corrected chi connectivity index (χ0v) is 18.0. The molecule has 0 aliphatic heterocycles. The summed E-state index contributed by atoms with van der Waals surface area (Å²) in [4.78, 5) is 34.9. The molecule has 2 atom stereocenters. The lowest BCUT2D eigenvalue weighted by atomic mass is 10.0. The Labute approximate surface area is 181 Å². The van der Waals surface area contributed by atoms with Gasteiger partial charge in [0.15, 0.2) is 0 Å². The van der Waals surface area contributed by atoms with E-state index < -0.39 is 6.04 Å². The summed E-state index contributed by atoms with van der Waals surface area (Å²) in [5.41, 5.74) is 2.39. The molecule has 2 aromatic heterocycles. The fourth-order valence-corrected chi connectivity index (χ4v) is 3.23. The topological polar surface area (TPSA) is 90.1 Å². The van der Waals surface area contributed by atoms with Gasteiger partial charge in [-0.05, 0) is 55.9 Å². The first-order chi connectivity index (χ1) is 14.9. The number of hydrogen-bond donors (Lipinski definition) is 3. The number of hydrogen-bond acceptors (Lipinski definition) is 4. The van der Waals surface area contributed by atoms with Crippen molar-refractivity contribution in [2.24, 2.45) is 0 Å². The largest absolute Gasteiger partial charge is 0.350 e. The summed E-state index contributed by atoms with van der Waals surface area (Å²) >= 11 is 0. The Morgan fingerprint density at radius 3 is 2.61 bits per heavy atom. The molecule has 2 amide bonds. The predicted molar refractivity (Wildman–Crippen MR) is 118 cm³/mol. The van der Waals surface area contributed by atoms with Crippen LogP contribution >= 0.6 is 0 Å². The van der Waals surface area contributed by atoms with E-state index in [1.54, 1.807) is 25.3 Å². The fourth-order valence-electron chi connectivity index (χ4n) is 3.23. The van der Waals surface area contributed by atoms with Crippen LogP contribution in [0.4, 0.5) is 4.39 Å². The van der Waals surface area contributed by atoms with Gasteiger partial charge in [0.1, 0.15) is 17.5 Å². The summed E-state index contributed by atoms with van der Waals surface area (Å²) in [6.45, 7) is 4.75. The summed E-state index contributed by atoms with van der Waals surface area (Å²) in [5, 5.41) is 6.69. The molecule has 7 nitrogen and oxygen atoms in total. The van der Waals surface area contributed by atoms with Crippen molar-refractivity contribution in [3.05, 3.63) is 65.7 Å². The Morgan fingerprint density at radius 1 is 1.16 bits per heavy atom. The summed E-state index contributed by atoms with van der Waals surface area (Å²) in [7, 11) is 1.85. The molecule has 0 aliphatic rings. The van der Waals surface area contributed by atoms with E-state index in [9.17, 15) is 14.0 Å². The molecule has 0 unspecified atom stereocenters. The minimum absolute atomic E-state index is 0.234. The monoisotopic (exact) mass is 425 g/mol. The molecule has 0 aliphatic carbocycles. The number of nitrogens with zero attached hydrogens (tertiary/aromatic N) is 2. The van der Waals surface area contributed by atoms with Gasteiger partial charge in [0, 0.05) is 30.7 Å². The van der Waals surface area contributed by atoms with Gasteiger partial charge in [-0.25, -0.2) is 9.37 Å². The standard InChI is InChI=1S/C23H28FN5O2/c1-4-29(3)15(2)22(30)28-20(12-16-5-7-19(24)8-6-16)23(31)27-14-17-11-18-9-10-25-21(18)26-13-17/h5-11,13,15,20H,4,12,14H2,1-3H3,(H,25,26)(H,27,31)(H,28,30)/t15-,20-/m0/s1. The lowest BCUT2D eigenvalue weighted by Gasteiger charge is -2.25. The van der Waals surface area contributed by atoms with Crippen LogP contribution in [0.3, 0.4) is 0 Å². The molecular weight excluding hydrogens is 397 g/mol. The second-order valence-electron chi connectivity index (χ2n) is 7.62. The number of carbonyl (C=O) groups excluding carboxylic acids is 2. The molecule has 3 aromatic rings. The lowest BCUT2D eigenvalue weighted by Crippen LogP contribution is -2.53. The van der Waals surface area contributed by atoms with E-state index >= 15 is 0 Å². The number of aromatic nitrogens is 2. The number of aromatic amines is 1. The highest BCUT2D eigenvalue weighted by Crippen LogP contribution is 2.12. The molecule has 1 aromatic carbocycles. The number of benzene rings is 1.